The van der Waals surface area contributed by atoms with E-state index in [4.69, 9.17) is 9.98 Å². The number of carboxylic acid groups (broad SMARTS) is 1. The molecule has 0 amide bonds. The monoisotopic (exact) mass is 485 g/mol. The molecule has 0 atom stereocenters. The molecule has 5 nitrogen and oxygen atoms in total. The van der Waals surface area contributed by atoms with Crippen LogP contribution in [0.1, 0.15) is 36.8 Å². The topological polar surface area (TPSA) is 65.3 Å². The predicted octanol–water partition coefficient (Wildman–Crippen LogP) is 6.10. The van der Waals surface area contributed by atoms with Gasteiger partial charge >= 0.3 is 5.97 Å². The van der Waals surface area contributed by atoms with Crippen molar-refractivity contribution in [2.75, 3.05) is 10.7 Å². The van der Waals surface area contributed by atoms with E-state index >= 15 is 0 Å². The zero-order valence-electron chi connectivity index (χ0n) is 17.1. The summed E-state index contributed by atoms with van der Waals surface area (Å²) in [4.78, 5) is 23.5. The smallest absolute Gasteiger partial charge is 0.313 e. The summed E-state index contributed by atoms with van der Waals surface area (Å²) in [5, 5.41) is 9.98. The van der Waals surface area contributed by atoms with Gasteiger partial charge in [-0.3, -0.25) is 4.79 Å². The maximum absolute atomic E-state index is 11.3. The third-order valence-electron chi connectivity index (χ3n) is 5.73. The highest BCUT2D eigenvalue weighted by Crippen LogP contribution is 2.46. The van der Waals surface area contributed by atoms with E-state index in [0.29, 0.717) is 5.17 Å². The molecule has 2 aromatic carbocycles. The molecule has 1 saturated carbocycles. The summed E-state index contributed by atoms with van der Waals surface area (Å²) in [5.41, 5.74) is 3.88. The molecule has 1 spiro atoms. The second-order valence-electron chi connectivity index (χ2n) is 7.80. The number of para-hydroxylation sites is 1. The standard InChI is InChI=1S/C23H24BrN3O2S/c1-15-6-5-7-16(2)20(15)25-21-23(12-3-4-13-23)27(18-10-8-17(24)9-11-18)22(26-21)30-14-19(28)29/h5-11H,3-4,12-14H2,1-2H3,(H,28,29). The van der Waals surface area contributed by atoms with Crippen molar-refractivity contribution in [1.29, 1.82) is 0 Å². The molecule has 0 bridgehead atoms. The van der Waals surface area contributed by atoms with Crippen molar-refractivity contribution in [3.8, 4) is 0 Å². The Bertz CT molecular complexity index is 1010. The van der Waals surface area contributed by atoms with E-state index < -0.39 is 5.97 Å². The van der Waals surface area contributed by atoms with Gasteiger partial charge in [0.25, 0.3) is 0 Å². The molecule has 0 unspecified atom stereocenters. The number of amidine groups is 2. The number of hydrogen-bond acceptors (Lipinski definition) is 4. The highest BCUT2D eigenvalue weighted by molar-refractivity contribution is 9.10. The first-order chi connectivity index (χ1) is 14.4. The summed E-state index contributed by atoms with van der Waals surface area (Å²) < 4.78 is 1.01. The quantitative estimate of drug-likeness (QED) is 0.567. The second kappa shape index (κ2) is 8.55. The fourth-order valence-corrected chi connectivity index (χ4v) is 5.40. The molecule has 0 radical (unpaired) electrons. The number of thioether (sulfide) groups is 1. The molecule has 1 aliphatic heterocycles. The van der Waals surface area contributed by atoms with Crippen molar-refractivity contribution in [2.45, 2.75) is 45.1 Å². The third kappa shape index (κ3) is 3.93. The van der Waals surface area contributed by atoms with Crippen LogP contribution in [0.15, 0.2) is 56.9 Å². The van der Waals surface area contributed by atoms with Gasteiger partial charge in [-0.15, -0.1) is 0 Å². The van der Waals surface area contributed by atoms with Gasteiger partial charge in [0.05, 0.1) is 11.4 Å². The summed E-state index contributed by atoms with van der Waals surface area (Å²) in [5.74, 6) is -0.0780. The zero-order valence-corrected chi connectivity index (χ0v) is 19.5. The van der Waals surface area contributed by atoms with Crippen LogP contribution >= 0.6 is 27.7 Å². The van der Waals surface area contributed by atoms with Gasteiger partial charge in [-0.25, -0.2) is 9.98 Å². The summed E-state index contributed by atoms with van der Waals surface area (Å²) in [6.45, 7) is 4.14. The van der Waals surface area contributed by atoms with Crippen LogP contribution in [0, 0.1) is 13.8 Å². The normalized spacial score (nSPS) is 19.0. The van der Waals surface area contributed by atoms with Crippen LogP contribution < -0.4 is 4.90 Å². The number of aliphatic imine (C=N–C) groups is 2. The molecular formula is C23H24BrN3O2S. The van der Waals surface area contributed by atoms with Crippen LogP contribution in [0.3, 0.4) is 0 Å². The number of aliphatic carboxylic acids is 1. The maximum atomic E-state index is 11.3. The number of carbonyl (C=O) groups is 1. The summed E-state index contributed by atoms with van der Waals surface area (Å²) in [7, 11) is 0. The van der Waals surface area contributed by atoms with Crippen molar-refractivity contribution < 1.29 is 9.90 Å². The van der Waals surface area contributed by atoms with Gasteiger partial charge in [0.15, 0.2) is 11.0 Å². The predicted molar refractivity (Wildman–Crippen MR) is 128 cm³/mol. The SMILES string of the molecule is Cc1cccc(C)c1N=C1N=C(SCC(=O)O)N(c2ccc(Br)cc2)C12CCCC2. The van der Waals surface area contributed by atoms with Crippen LogP contribution in [0.4, 0.5) is 11.4 Å². The Morgan fingerprint density at radius 1 is 1.17 bits per heavy atom. The lowest BCUT2D eigenvalue weighted by Crippen LogP contribution is -2.49. The third-order valence-corrected chi connectivity index (χ3v) is 7.19. The molecule has 1 fully saturated rings. The number of nitrogens with zero attached hydrogens (tertiary/aromatic N) is 3. The fourth-order valence-electron chi connectivity index (χ4n) is 4.32. The Morgan fingerprint density at radius 3 is 2.40 bits per heavy atom. The highest BCUT2D eigenvalue weighted by Gasteiger charge is 2.51. The molecule has 0 saturated heterocycles. The number of aryl methyl sites for hydroxylation is 2. The Kier molecular flexibility index (Phi) is 6.02. The van der Waals surface area contributed by atoms with Gasteiger partial charge in [0.2, 0.25) is 0 Å². The number of halogens is 1. The maximum Gasteiger partial charge on any atom is 0.313 e. The van der Waals surface area contributed by atoms with Crippen molar-refractivity contribution in [1.82, 2.24) is 0 Å². The Labute approximate surface area is 189 Å². The number of hydrogen-bond donors (Lipinski definition) is 1. The minimum absolute atomic E-state index is 0.0292. The van der Waals surface area contributed by atoms with E-state index in [2.05, 4.69) is 58.9 Å². The van der Waals surface area contributed by atoms with Crippen molar-refractivity contribution in [2.24, 2.45) is 9.98 Å². The van der Waals surface area contributed by atoms with E-state index in [1.54, 1.807) is 0 Å². The van der Waals surface area contributed by atoms with Gasteiger partial charge in [-0.1, -0.05) is 58.7 Å². The summed E-state index contributed by atoms with van der Waals surface area (Å²) >= 11 is 4.78. The molecule has 2 aromatic rings. The Balaban J connectivity index is 1.85. The van der Waals surface area contributed by atoms with Crippen LogP contribution in [-0.4, -0.2) is 33.4 Å². The van der Waals surface area contributed by atoms with Crippen LogP contribution in [-0.2, 0) is 4.79 Å². The van der Waals surface area contributed by atoms with Gasteiger partial charge in [-0.2, -0.15) is 0 Å². The van der Waals surface area contributed by atoms with Crippen molar-refractivity contribution in [3.63, 3.8) is 0 Å². The minimum atomic E-state index is -0.848. The van der Waals surface area contributed by atoms with E-state index in [0.717, 1.165) is 58.5 Å². The second-order valence-corrected chi connectivity index (χ2v) is 9.66. The lowest BCUT2D eigenvalue weighted by molar-refractivity contribution is -0.133. The van der Waals surface area contributed by atoms with Crippen LogP contribution in [0.5, 0.6) is 0 Å². The molecule has 30 heavy (non-hydrogen) atoms. The number of rotatable bonds is 4. The van der Waals surface area contributed by atoms with E-state index in [1.807, 2.05) is 18.2 Å². The first-order valence-electron chi connectivity index (χ1n) is 10.1. The Hall–Kier alpha value is -2.12. The van der Waals surface area contributed by atoms with Gasteiger partial charge in [-0.05, 0) is 62.1 Å². The molecule has 4 rings (SSSR count). The first-order valence-corrected chi connectivity index (χ1v) is 11.8. The number of benzene rings is 2. The van der Waals surface area contributed by atoms with Gasteiger partial charge < -0.3 is 10.0 Å². The molecule has 0 aromatic heterocycles. The zero-order chi connectivity index (χ0) is 21.3. The largest absolute Gasteiger partial charge is 0.481 e. The van der Waals surface area contributed by atoms with Crippen LogP contribution in [0.25, 0.3) is 0 Å². The molecular weight excluding hydrogens is 462 g/mol. The van der Waals surface area contributed by atoms with E-state index in [9.17, 15) is 9.90 Å². The lowest BCUT2D eigenvalue weighted by atomic mass is 9.94. The van der Waals surface area contributed by atoms with Crippen molar-refractivity contribution in [3.05, 3.63) is 58.1 Å². The lowest BCUT2D eigenvalue weighted by Gasteiger charge is -2.36. The fraction of sp³-hybridized carbons (Fsp3) is 0.348. The van der Waals surface area contributed by atoms with Gasteiger partial charge in [0.1, 0.15) is 5.54 Å². The molecule has 156 valence electrons. The summed E-state index contributed by atoms with van der Waals surface area (Å²) in [6, 6.07) is 14.3. The molecule has 7 heteroatoms. The highest BCUT2D eigenvalue weighted by atomic mass is 79.9. The Morgan fingerprint density at radius 2 is 1.80 bits per heavy atom. The number of carboxylic acids is 1. The minimum Gasteiger partial charge on any atom is -0.481 e. The molecule has 1 N–H and O–H groups in total. The summed E-state index contributed by atoms with van der Waals surface area (Å²) in [6.07, 6.45) is 4.11. The average molecular weight is 486 g/mol. The van der Waals surface area contributed by atoms with E-state index in [-0.39, 0.29) is 11.3 Å². The van der Waals surface area contributed by atoms with Crippen molar-refractivity contribution >= 4 is 56.0 Å². The average Bonchev–Trinajstić information content (AvgIpc) is 3.30. The van der Waals surface area contributed by atoms with Gasteiger partial charge in [0, 0.05) is 10.2 Å². The van der Waals surface area contributed by atoms with Crippen LogP contribution in [0.2, 0.25) is 0 Å². The number of anilines is 1. The molecule has 2 aliphatic rings. The van der Waals surface area contributed by atoms with E-state index in [1.165, 1.54) is 11.8 Å². The molecule has 1 aliphatic carbocycles. The molecule has 1 heterocycles. The first kappa shape index (κ1) is 21.1.